The van der Waals surface area contributed by atoms with E-state index in [0.717, 1.165) is 50.0 Å². The van der Waals surface area contributed by atoms with Crippen LogP contribution in [0.3, 0.4) is 0 Å². The SMILES string of the molecule is C[C@@H]1CCN(c2cc(-c3ccccc3O)nnc2N)CCN1c1ccnc(C#CCC2CC3CCN23)n1. The summed E-state index contributed by atoms with van der Waals surface area (Å²) in [4.78, 5) is 16.3. The van der Waals surface area contributed by atoms with Crippen molar-refractivity contribution >= 4 is 17.3 Å². The van der Waals surface area contributed by atoms with Crippen LogP contribution in [0.4, 0.5) is 17.3 Å². The van der Waals surface area contributed by atoms with Crippen LogP contribution in [0, 0.1) is 11.8 Å². The second-order valence-corrected chi connectivity index (χ2v) is 10.1. The number of para-hydroxylation sites is 1. The van der Waals surface area contributed by atoms with Gasteiger partial charge < -0.3 is 20.6 Å². The van der Waals surface area contributed by atoms with Crippen LogP contribution >= 0.6 is 0 Å². The number of benzene rings is 1. The van der Waals surface area contributed by atoms with Crippen LogP contribution in [0.5, 0.6) is 5.75 Å². The van der Waals surface area contributed by atoms with Gasteiger partial charge in [0.15, 0.2) is 5.82 Å². The maximum atomic E-state index is 10.3. The van der Waals surface area contributed by atoms with E-state index in [4.69, 9.17) is 10.7 Å². The molecule has 3 fully saturated rings. The van der Waals surface area contributed by atoms with Crippen molar-refractivity contribution in [1.82, 2.24) is 25.1 Å². The number of fused-ring (bicyclic) bond motifs is 1. The van der Waals surface area contributed by atoms with Crippen LogP contribution in [0.25, 0.3) is 11.3 Å². The number of rotatable bonds is 4. The Morgan fingerprint density at radius 3 is 2.76 bits per heavy atom. The quantitative estimate of drug-likeness (QED) is 0.527. The molecule has 0 amide bonds. The number of hydrogen-bond acceptors (Lipinski definition) is 9. The molecule has 3 saturated heterocycles. The van der Waals surface area contributed by atoms with Crippen molar-refractivity contribution in [2.24, 2.45) is 0 Å². The molecule has 9 heteroatoms. The van der Waals surface area contributed by atoms with E-state index in [9.17, 15) is 5.11 Å². The largest absolute Gasteiger partial charge is 0.507 e. The normalized spacial score (nSPS) is 23.2. The van der Waals surface area contributed by atoms with Gasteiger partial charge in [-0.3, -0.25) is 4.90 Å². The maximum absolute atomic E-state index is 10.3. The highest BCUT2D eigenvalue weighted by atomic mass is 16.3. The summed E-state index contributed by atoms with van der Waals surface area (Å²) in [5, 5.41) is 18.7. The smallest absolute Gasteiger partial charge is 0.206 e. The molecule has 5 heterocycles. The Hall–Kier alpha value is -3.90. The molecule has 3 N–H and O–H groups in total. The highest BCUT2D eigenvalue weighted by Crippen LogP contribution is 2.37. The Balaban J connectivity index is 1.16. The summed E-state index contributed by atoms with van der Waals surface area (Å²) in [6, 6.07) is 12.7. The molecule has 0 aliphatic carbocycles. The average molecular weight is 497 g/mol. The summed E-state index contributed by atoms with van der Waals surface area (Å²) < 4.78 is 0. The van der Waals surface area contributed by atoms with E-state index >= 15 is 0 Å². The first kappa shape index (κ1) is 23.5. The number of nitrogen functional groups attached to an aromatic ring is 1. The van der Waals surface area contributed by atoms with Crippen molar-refractivity contribution in [3.05, 3.63) is 48.4 Å². The fourth-order valence-corrected chi connectivity index (χ4v) is 5.63. The third kappa shape index (κ3) is 4.65. The number of piperidine rings is 1. The molecule has 6 rings (SSSR count). The Bertz CT molecular complexity index is 1350. The lowest BCUT2D eigenvalue weighted by atomic mass is 9.81. The summed E-state index contributed by atoms with van der Waals surface area (Å²) in [5.74, 6) is 8.54. The molecule has 3 aromatic rings. The number of phenolic OH excluding ortho intramolecular Hbond substituents is 1. The second-order valence-electron chi connectivity index (χ2n) is 10.1. The van der Waals surface area contributed by atoms with E-state index in [1.165, 1.54) is 19.4 Å². The molecule has 3 aliphatic rings. The maximum Gasteiger partial charge on any atom is 0.206 e. The van der Waals surface area contributed by atoms with Gasteiger partial charge >= 0.3 is 0 Å². The number of nitrogens with zero attached hydrogens (tertiary/aromatic N) is 7. The van der Waals surface area contributed by atoms with Gasteiger partial charge in [0.2, 0.25) is 5.82 Å². The zero-order valence-corrected chi connectivity index (χ0v) is 21.1. The summed E-state index contributed by atoms with van der Waals surface area (Å²) in [5.41, 5.74) is 8.33. The summed E-state index contributed by atoms with van der Waals surface area (Å²) in [7, 11) is 0. The van der Waals surface area contributed by atoms with Crippen LogP contribution < -0.4 is 15.5 Å². The van der Waals surface area contributed by atoms with Gasteiger partial charge in [-0.1, -0.05) is 18.1 Å². The van der Waals surface area contributed by atoms with Crippen molar-refractivity contribution in [2.75, 3.05) is 41.7 Å². The van der Waals surface area contributed by atoms with Crippen LogP contribution in [0.15, 0.2) is 42.6 Å². The van der Waals surface area contributed by atoms with Crippen LogP contribution in [0.2, 0.25) is 0 Å². The summed E-state index contributed by atoms with van der Waals surface area (Å²) in [6.07, 6.45) is 6.26. The average Bonchev–Trinajstić information content (AvgIpc) is 3.09. The number of nitrogens with two attached hydrogens (primary N) is 1. The lowest BCUT2D eigenvalue weighted by molar-refractivity contribution is -0.0621. The first-order chi connectivity index (χ1) is 18.1. The second kappa shape index (κ2) is 9.87. The Morgan fingerprint density at radius 2 is 1.97 bits per heavy atom. The zero-order chi connectivity index (χ0) is 25.4. The molecular formula is C28H32N8O. The molecular weight excluding hydrogens is 464 g/mol. The van der Waals surface area contributed by atoms with Crippen molar-refractivity contribution in [1.29, 1.82) is 0 Å². The van der Waals surface area contributed by atoms with Gasteiger partial charge in [0.25, 0.3) is 0 Å². The molecule has 9 nitrogen and oxygen atoms in total. The van der Waals surface area contributed by atoms with E-state index in [1.807, 2.05) is 24.3 Å². The molecule has 0 spiro atoms. The summed E-state index contributed by atoms with van der Waals surface area (Å²) >= 11 is 0. The van der Waals surface area contributed by atoms with E-state index in [1.54, 1.807) is 18.3 Å². The lowest BCUT2D eigenvalue weighted by Gasteiger charge is -2.56. The first-order valence-electron chi connectivity index (χ1n) is 13.1. The molecule has 1 aromatic carbocycles. The van der Waals surface area contributed by atoms with Crippen LogP contribution in [-0.2, 0) is 0 Å². The monoisotopic (exact) mass is 496 g/mol. The molecule has 0 saturated carbocycles. The van der Waals surface area contributed by atoms with Gasteiger partial charge in [-0.25, -0.2) is 9.97 Å². The Labute approximate surface area is 217 Å². The van der Waals surface area contributed by atoms with Gasteiger partial charge in [-0.05, 0) is 56.4 Å². The molecule has 2 aromatic heterocycles. The van der Waals surface area contributed by atoms with E-state index in [-0.39, 0.29) is 11.8 Å². The molecule has 190 valence electrons. The van der Waals surface area contributed by atoms with Crippen molar-refractivity contribution in [2.45, 2.75) is 50.7 Å². The molecule has 3 aliphatic heterocycles. The number of aromatic nitrogens is 4. The molecule has 0 radical (unpaired) electrons. The van der Waals surface area contributed by atoms with E-state index < -0.39 is 0 Å². The molecule has 2 unspecified atom stereocenters. The minimum Gasteiger partial charge on any atom is -0.507 e. The van der Waals surface area contributed by atoms with Crippen LogP contribution in [-0.4, -0.2) is 74.5 Å². The van der Waals surface area contributed by atoms with Gasteiger partial charge in [0.1, 0.15) is 11.6 Å². The van der Waals surface area contributed by atoms with E-state index in [0.29, 0.717) is 28.9 Å². The predicted octanol–water partition coefficient (Wildman–Crippen LogP) is 2.91. The van der Waals surface area contributed by atoms with Gasteiger partial charge in [-0.2, -0.15) is 0 Å². The molecule has 3 atom stereocenters. The lowest BCUT2D eigenvalue weighted by Crippen LogP contribution is -2.64. The van der Waals surface area contributed by atoms with Gasteiger partial charge in [0, 0.05) is 62.5 Å². The fraction of sp³-hybridized carbons (Fsp3) is 0.429. The number of anilines is 3. The van der Waals surface area contributed by atoms with Crippen LogP contribution in [0.1, 0.15) is 38.4 Å². The Kier molecular flexibility index (Phi) is 6.26. The third-order valence-corrected chi connectivity index (χ3v) is 7.96. The third-order valence-electron chi connectivity index (χ3n) is 7.96. The fourth-order valence-electron chi connectivity index (χ4n) is 5.63. The minimum atomic E-state index is 0.170. The highest BCUT2D eigenvalue weighted by molar-refractivity contribution is 5.74. The van der Waals surface area contributed by atoms with Crippen molar-refractivity contribution in [3.63, 3.8) is 0 Å². The minimum absolute atomic E-state index is 0.170. The summed E-state index contributed by atoms with van der Waals surface area (Å²) in [6.45, 7) is 5.80. The standard InChI is InChI=1S/C28H32N8O/c1-19-10-13-34(24-18-23(32-33-28(24)29)22-6-2-3-7-25(22)37)15-16-35(19)27-9-12-30-26(31-27)8-4-5-20-17-21-11-14-36(20)21/h2-3,6-7,9,12,18-21,37H,5,10-11,13-17H2,1H3,(H2,29,33)/t19-,20?,21?/m1/s1. The first-order valence-corrected chi connectivity index (χ1v) is 13.1. The Morgan fingerprint density at radius 1 is 1.08 bits per heavy atom. The number of aromatic hydroxyl groups is 1. The number of hydrogen-bond donors (Lipinski definition) is 2. The highest BCUT2D eigenvalue weighted by Gasteiger charge is 2.43. The molecule has 37 heavy (non-hydrogen) atoms. The van der Waals surface area contributed by atoms with Crippen molar-refractivity contribution in [3.8, 4) is 28.8 Å². The van der Waals surface area contributed by atoms with Gasteiger partial charge in [-0.15, -0.1) is 10.2 Å². The molecule has 0 bridgehead atoms. The zero-order valence-electron chi connectivity index (χ0n) is 21.1. The van der Waals surface area contributed by atoms with Crippen molar-refractivity contribution < 1.29 is 5.11 Å². The number of phenols is 1. The van der Waals surface area contributed by atoms with E-state index in [2.05, 4.69) is 48.6 Å². The predicted molar refractivity (Wildman–Crippen MR) is 144 cm³/mol. The topological polar surface area (TPSA) is 108 Å². The van der Waals surface area contributed by atoms with Gasteiger partial charge in [0.05, 0.1) is 11.4 Å².